The first-order valence-corrected chi connectivity index (χ1v) is 22.8. The third-order valence-electron chi connectivity index (χ3n) is 9.09. The van der Waals surface area contributed by atoms with Gasteiger partial charge in [0.2, 0.25) is 17.7 Å². The Labute approximate surface area is 338 Å². The Morgan fingerprint density at radius 3 is 2.47 bits per heavy atom. The summed E-state index contributed by atoms with van der Waals surface area (Å²) in [6.45, 7) is 12.8. The highest BCUT2D eigenvalue weighted by Gasteiger charge is 2.34. The highest BCUT2D eigenvalue weighted by Crippen LogP contribution is 2.21. The number of esters is 1. The lowest BCUT2D eigenvalue weighted by atomic mass is 9.96. The zero-order valence-electron chi connectivity index (χ0n) is 33.6. The molecule has 0 bridgehead atoms. The fourth-order valence-corrected chi connectivity index (χ4v) is 8.32. The number of nitrogens with zero attached hydrogens (tertiary/aromatic N) is 3. The molecule has 4 atom stereocenters. The molecule has 2 heterocycles. The smallest absolute Gasteiger partial charge is 0.426 e. The first-order chi connectivity index (χ1) is 26.3. The molecule has 4 N–H and O–H groups in total. The number of hydrazine groups is 1. The molecule has 4 unspecified atom stereocenters. The average molecular weight is 830 g/mol. The molecule has 5 amide bonds. The Balaban J connectivity index is 1.90. The van der Waals surface area contributed by atoms with Gasteiger partial charge in [-0.25, -0.2) is 15.2 Å². The fraction of sp³-hybridized carbons (Fsp3) is 0.757. The molecule has 1 aliphatic rings. The van der Waals surface area contributed by atoms with Crippen molar-refractivity contribution in [2.75, 3.05) is 51.5 Å². The van der Waals surface area contributed by atoms with E-state index in [0.717, 1.165) is 38.0 Å². The number of amides is 5. The van der Waals surface area contributed by atoms with E-state index >= 15 is 0 Å². The van der Waals surface area contributed by atoms with E-state index in [4.69, 9.17) is 9.47 Å². The van der Waals surface area contributed by atoms with Crippen molar-refractivity contribution in [1.29, 1.82) is 0 Å². The number of nitrogens with one attached hydrogen (secondary N) is 4. The fourth-order valence-electron chi connectivity index (χ4n) is 5.53. The van der Waals surface area contributed by atoms with Crippen LogP contribution in [0.5, 0.6) is 0 Å². The van der Waals surface area contributed by atoms with Gasteiger partial charge in [-0.15, -0.1) is 11.3 Å². The zero-order valence-corrected chi connectivity index (χ0v) is 36.1. The monoisotopic (exact) mass is 829 g/mol. The number of ether oxygens (including phenoxy) is 2. The van der Waals surface area contributed by atoms with Gasteiger partial charge in [0.1, 0.15) is 18.3 Å². The van der Waals surface area contributed by atoms with Gasteiger partial charge in [-0.05, 0) is 57.5 Å². The zero-order chi connectivity index (χ0) is 40.8. The molecule has 0 saturated carbocycles. The Morgan fingerprint density at radius 2 is 1.78 bits per heavy atom. The van der Waals surface area contributed by atoms with Gasteiger partial charge in [0, 0.05) is 48.7 Å². The van der Waals surface area contributed by atoms with Crippen molar-refractivity contribution in [1.82, 2.24) is 36.3 Å². The van der Waals surface area contributed by atoms with Crippen molar-refractivity contribution in [2.45, 2.75) is 111 Å². The van der Waals surface area contributed by atoms with Crippen LogP contribution in [0.2, 0.25) is 0 Å². The van der Waals surface area contributed by atoms with E-state index in [2.05, 4.69) is 33.4 Å². The molecular weight excluding hydrogens is 767 g/mol. The Hall–Kier alpha value is -3.09. The summed E-state index contributed by atoms with van der Waals surface area (Å²) in [5, 5.41) is 8.17. The van der Waals surface area contributed by atoms with E-state index in [1.165, 1.54) is 16.2 Å². The second kappa shape index (κ2) is 26.7. The van der Waals surface area contributed by atoms with Crippen molar-refractivity contribution in [2.24, 2.45) is 17.8 Å². The molecule has 0 aromatic carbocycles. The molecule has 1 aromatic heterocycles. The molecule has 1 aliphatic heterocycles. The van der Waals surface area contributed by atoms with E-state index in [0.29, 0.717) is 36.4 Å². The quantitative estimate of drug-likeness (QED) is 0.0368. The first kappa shape index (κ1) is 48.1. The average Bonchev–Trinajstić information content (AvgIpc) is 3.63. The number of likely N-dealkylation sites (tertiary alicyclic amines) is 1. The maximum absolute atomic E-state index is 14.0. The maximum Gasteiger partial charge on any atom is 0.426 e. The number of likely N-dealkylation sites (N-methyl/N-ethyl adjacent to an activating group) is 1. The first-order valence-electron chi connectivity index (χ1n) is 19.4. The predicted molar refractivity (Wildman–Crippen MR) is 218 cm³/mol. The van der Waals surface area contributed by atoms with Crippen LogP contribution in [0.1, 0.15) is 108 Å². The second-order valence-electron chi connectivity index (χ2n) is 14.3. The molecule has 55 heavy (non-hydrogen) atoms. The van der Waals surface area contributed by atoms with Crippen LogP contribution in [0.3, 0.4) is 0 Å². The van der Waals surface area contributed by atoms with Crippen LogP contribution in [0.15, 0.2) is 5.38 Å². The SMILES string of the molecule is CCCSSCCOC(=O)NNC(=O)C(C)CCNC(=O)c1csc(CCCN(COC(=O)CC(C)C)C(=O)C(NC(=O)C2CCCCN2C)C(C)CC)n1. The highest BCUT2D eigenvalue weighted by atomic mass is 33.1. The Kier molecular flexibility index (Phi) is 23.3. The standard InChI is InChI=1S/C37H63N7O8S3/c1-8-20-54-55-21-19-51-37(50)42-41-33(46)27(6)15-16-38-34(47)28-23-53-30(39-28)14-12-18-44(24-52-31(45)22-25(3)4)36(49)32(26(5)9-2)40-35(48)29-13-10-11-17-43(29)7/h23,25-27,29,32H,8-22,24H2,1-7H3,(H,38,47)(H,40,48)(H,41,46)(H,42,50). The van der Waals surface area contributed by atoms with Crippen LogP contribution >= 0.6 is 32.9 Å². The van der Waals surface area contributed by atoms with Crippen LogP contribution in [-0.4, -0.2) is 114 Å². The minimum atomic E-state index is -0.776. The Bertz CT molecular complexity index is 1370. The summed E-state index contributed by atoms with van der Waals surface area (Å²) < 4.78 is 10.6. The number of carbonyl (C=O) groups excluding carboxylic acids is 6. The second-order valence-corrected chi connectivity index (χ2v) is 17.9. The number of hydrogen-bond acceptors (Lipinski definition) is 13. The molecule has 0 aliphatic carbocycles. The summed E-state index contributed by atoms with van der Waals surface area (Å²) in [5.74, 6) is -0.516. The number of carbonyl (C=O) groups is 6. The van der Waals surface area contributed by atoms with Crippen molar-refractivity contribution in [3.8, 4) is 0 Å². The minimum absolute atomic E-state index is 0.100. The minimum Gasteiger partial charge on any atom is -0.447 e. The number of rotatable bonds is 24. The summed E-state index contributed by atoms with van der Waals surface area (Å²) in [4.78, 5) is 84.9. The molecule has 0 radical (unpaired) electrons. The van der Waals surface area contributed by atoms with Crippen LogP contribution in [-0.2, 0) is 35.1 Å². The van der Waals surface area contributed by atoms with E-state index in [1.807, 2.05) is 39.6 Å². The van der Waals surface area contributed by atoms with Crippen LogP contribution < -0.4 is 21.5 Å². The molecule has 18 heteroatoms. The normalized spacial score (nSPS) is 16.0. The van der Waals surface area contributed by atoms with E-state index in [1.54, 1.807) is 33.9 Å². The Morgan fingerprint density at radius 1 is 1.04 bits per heavy atom. The highest BCUT2D eigenvalue weighted by molar-refractivity contribution is 8.76. The number of aryl methyl sites for hydroxylation is 1. The molecule has 2 rings (SSSR count). The molecule has 1 aromatic rings. The van der Waals surface area contributed by atoms with Crippen LogP contribution in [0.4, 0.5) is 4.79 Å². The molecule has 312 valence electrons. The van der Waals surface area contributed by atoms with E-state index < -0.39 is 29.9 Å². The third-order valence-corrected chi connectivity index (χ3v) is 12.6. The maximum atomic E-state index is 14.0. The summed E-state index contributed by atoms with van der Waals surface area (Å²) in [6, 6.07) is -1.07. The molecule has 15 nitrogen and oxygen atoms in total. The lowest BCUT2D eigenvalue weighted by Crippen LogP contribution is -2.57. The lowest BCUT2D eigenvalue weighted by molar-refractivity contribution is -0.155. The molecule has 1 saturated heterocycles. The van der Waals surface area contributed by atoms with Gasteiger partial charge in [-0.1, -0.05) is 76.0 Å². The van der Waals surface area contributed by atoms with E-state index in [-0.39, 0.29) is 74.1 Å². The topological polar surface area (TPSA) is 188 Å². The van der Waals surface area contributed by atoms with Gasteiger partial charge < -0.3 is 25.0 Å². The van der Waals surface area contributed by atoms with Crippen LogP contribution in [0, 0.1) is 17.8 Å². The van der Waals surface area contributed by atoms with Crippen LogP contribution in [0.25, 0.3) is 0 Å². The van der Waals surface area contributed by atoms with Crippen molar-refractivity contribution >= 4 is 68.6 Å². The van der Waals surface area contributed by atoms with Gasteiger partial charge in [0.05, 0.1) is 11.0 Å². The molecular formula is C37H63N7O8S3. The summed E-state index contributed by atoms with van der Waals surface area (Å²) in [6.07, 6.45) is 5.25. The molecule has 0 spiro atoms. The number of piperidine rings is 1. The van der Waals surface area contributed by atoms with E-state index in [9.17, 15) is 28.8 Å². The number of thiazole rings is 1. The van der Waals surface area contributed by atoms with Crippen molar-refractivity contribution < 1.29 is 38.2 Å². The van der Waals surface area contributed by atoms with Gasteiger partial charge in [-0.2, -0.15) is 0 Å². The van der Waals surface area contributed by atoms with Crippen molar-refractivity contribution in [3.05, 3.63) is 16.1 Å². The lowest BCUT2D eigenvalue weighted by Gasteiger charge is -2.35. The molecule has 1 fully saturated rings. The summed E-state index contributed by atoms with van der Waals surface area (Å²) in [5.41, 5.74) is 4.83. The number of aromatic nitrogens is 1. The van der Waals surface area contributed by atoms with Gasteiger partial charge in [-0.3, -0.25) is 34.3 Å². The van der Waals surface area contributed by atoms with Gasteiger partial charge in [0.25, 0.3) is 5.91 Å². The predicted octanol–water partition coefficient (Wildman–Crippen LogP) is 4.77. The van der Waals surface area contributed by atoms with Crippen molar-refractivity contribution in [3.63, 3.8) is 0 Å². The third kappa shape index (κ3) is 18.6. The van der Waals surface area contributed by atoms with Gasteiger partial charge in [0.15, 0.2) is 6.73 Å². The number of hydrogen-bond donors (Lipinski definition) is 4. The largest absolute Gasteiger partial charge is 0.447 e. The van der Waals surface area contributed by atoms with Gasteiger partial charge >= 0.3 is 12.1 Å². The summed E-state index contributed by atoms with van der Waals surface area (Å²) in [7, 11) is 5.27. The summed E-state index contributed by atoms with van der Waals surface area (Å²) >= 11 is 1.33.